The molecule has 1 aliphatic rings. The van der Waals surface area contributed by atoms with Crippen molar-refractivity contribution in [2.45, 2.75) is 11.3 Å². The molecule has 1 aliphatic heterocycles. The summed E-state index contributed by atoms with van der Waals surface area (Å²) in [6.07, 6.45) is -0.340. The monoisotopic (exact) mass is 362 g/mol. The summed E-state index contributed by atoms with van der Waals surface area (Å²) in [6.45, 7) is 0. The lowest BCUT2D eigenvalue weighted by Crippen LogP contribution is -2.19. The van der Waals surface area contributed by atoms with Gasteiger partial charge in [0.2, 0.25) is 0 Å². The van der Waals surface area contributed by atoms with Crippen molar-refractivity contribution in [3.8, 4) is 0 Å². The average molecular weight is 363 g/mol. The molecular weight excluding hydrogens is 356 g/mol. The Morgan fingerprint density at radius 3 is 2.50 bits per heavy atom. The van der Waals surface area contributed by atoms with Crippen LogP contribution in [0.5, 0.6) is 0 Å². The first-order valence-electron chi connectivity index (χ1n) is 5.11. The van der Waals surface area contributed by atoms with Crippen molar-refractivity contribution in [2.75, 3.05) is 5.01 Å². The van der Waals surface area contributed by atoms with E-state index in [4.69, 9.17) is 9.66 Å². The van der Waals surface area contributed by atoms with Gasteiger partial charge in [-0.15, -0.1) is 0 Å². The number of halogens is 1. The van der Waals surface area contributed by atoms with Crippen molar-refractivity contribution in [1.82, 2.24) is 0 Å². The summed E-state index contributed by atoms with van der Waals surface area (Å²) in [6, 6.07) is 3.56. The van der Waals surface area contributed by atoms with Crippen LogP contribution in [0.4, 0.5) is 5.69 Å². The van der Waals surface area contributed by atoms with Crippen molar-refractivity contribution in [3.63, 3.8) is 0 Å². The quantitative estimate of drug-likeness (QED) is 0.768. The Morgan fingerprint density at radius 2 is 2.05 bits per heavy atom. The van der Waals surface area contributed by atoms with Crippen molar-refractivity contribution in [1.29, 1.82) is 0 Å². The SMILES string of the molecule is O=C(O)C1=NN(c2ccc(S(=O)(=O)O)c(Br)c2)C(=O)C1. The standard InChI is InChI=1S/C10H7BrN2O6S/c11-6-3-5(1-2-8(6)20(17,18)19)13-9(14)4-7(12-13)10(15)16/h1-3H,4H2,(H,15,16)(H,17,18,19). The third-order valence-corrected chi connectivity index (χ3v) is 4.29. The first kappa shape index (κ1) is 14.6. The van der Waals surface area contributed by atoms with Crippen LogP contribution in [-0.4, -0.2) is 35.7 Å². The highest BCUT2D eigenvalue weighted by atomic mass is 79.9. The summed E-state index contributed by atoms with van der Waals surface area (Å²) in [5.41, 5.74) is -0.115. The molecule has 106 valence electrons. The van der Waals surface area contributed by atoms with Crippen LogP contribution in [0, 0.1) is 0 Å². The van der Waals surface area contributed by atoms with Crippen LogP contribution in [0.3, 0.4) is 0 Å². The summed E-state index contributed by atoms with van der Waals surface area (Å²) in [4.78, 5) is 22.0. The number of anilines is 1. The second kappa shape index (κ2) is 4.96. The Bertz CT molecular complexity index is 742. The number of carbonyl (C=O) groups excluding carboxylic acids is 1. The van der Waals surface area contributed by atoms with Crippen LogP contribution < -0.4 is 5.01 Å². The molecule has 0 fully saturated rings. The van der Waals surface area contributed by atoms with E-state index in [1.54, 1.807) is 0 Å². The molecule has 1 amide bonds. The first-order valence-corrected chi connectivity index (χ1v) is 7.34. The second-order valence-electron chi connectivity index (χ2n) is 3.82. The maximum absolute atomic E-state index is 11.6. The van der Waals surface area contributed by atoms with Gasteiger partial charge in [-0.25, -0.2) is 4.79 Å². The Morgan fingerprint density at radius 1 is 1.40 bits per heavy atom. The smallest absolute Gasteiger partial charge is 0.352 e. The van der Waals surface area contributed by atoms with Crippen LogP contribution in [0.1, 0.15) is 6.42 Å². The van der Waals surface area contributed by atoms with Gasteiger partial charge in [0.1, 0.15) is 4.90 Å². The molecule has 1 heterocycles. The molecule has 1 aromatic rings. The van der Waals surface area contributed by atoms with E-state index in [-0.39, 0.29) is 27.2 Å². The first-order chi connectivity index (χ1) is 9.20. The van der Waals surface area contributed by atoms with Gasteiger partial charge in [0.25, 0.3) is 16.0 Å². The average Bonchev–Trinajstić information content (AvgIpc) is 2.69. The van der Waals surface area contributed by atoms with Crippen molar-refractivity contribution >= 4 is 49.3 Å². The molecule has 0 aromatic heterocycles. The zero-order valence-electron chi connectivity index (χ0n) is 9.65. The van der Waals surface area contributed by atoms with Gasteiger partial charge in [0.15, 0.2) is 5.71 Å². The number of benzene rings is 1. The van der Waals surface area contributed by atoms with E-state index in [0.29, 0.717) is 0 Å². The number of carboxylic acid groups (broad SMARTS) is 1. The number of carbonyl (C=O) groups is 2. The maximum atomic E-state index is 11.6. The fourth-order valence-corrected chi connectivity index (χ4v) is 3.11. The van der Waals surface area contributed by atoms with Crippen LogP contribution in [-0.2, 0) is 19.7 Å². The molecule has 0 spiro atoms. The number of nitrogens with zero attached hydrogens (tertiary/aromatic N) is 2. The van der Waals surface area contributed by atoms with Crippen molar-refractivity contribution in [3.05, 3.63) is 22.7 Å². The minimum Gasteiger partial charge on any atom is -0.477 e. The van der Waals surface area contributed by atoms with Gasteiger partial charge in [-0.3, -0.25) is 9.35 Å². The van der Waals surface area contributed by atoms with Gasteiger partial charge in [0.05, 0.1) is 12.1 Å². The molecule has 1 aromatic carbocycles. The molecule has 2 rings (SSSR count). The lowest BCUT2D eigenvalue weighted by atomic mass is 10.2. The van der Waals surface area contributed by atoms with Crippen molar-refractivity contribution < 1.29 is 27.7 Å². The fourth-order valence-electron chi connectivity index (χ4n) is 1.58. The zero-order valence-corrected chi connectivity index (χ0v) is 12.0. The molecule has 8 nitrogen and oxygen atoms in total. The zero-order chi connectivity index (χ0) is 15.1. The topological polar surface area (TPSA) is 124 Å². The van der Waals surface area contributed by atoms with Crippen molar-refractivity contribution in [2.24, 2.45) is 5.10 Å². The lowest BCUT2D eigenvalue weighted by molar-refractivity contribution is -0.129. The summed E-state index contributed by atoms with van der Waals surface area (Å²) < 4.78 is 31.0. The summed E-state index contributed by atoms with van der Waals surface area (Å²) in [5, 5.41) is 13.3. The van der Waals surface area contributed by atoms with Crippen LogP contribution in [0.25, 0.3) is 0 Å². The number of carboxylic acids is 1. The van der Waals surface area contributed by atoms with Gasteiger partial charge in [0, 0.05) is 4.47 Å². The molecule has 0 saturated carbocycles. The highest BCUT2D eigenvalue weighted by Crippen LogP contribution is 2.29. The molecule has 20 heavy (non-hydrogen) atoms. The molecular formula is C10H7BrN2O6S. The third-order valence-electron chi connectivity index (χ3n) is 2.46. The van der Waals surface area contributed by atoms with Gasteiger partial charge in [-0.05, 0) is 34.1 Å². The highest BCUT2D eigenvalue weighted by Gasteiger charge is 2.29. The van der Waals surface area contributed by atoms with E-state index in [1.165, 1.54) is 12.1 Å². The minimum absolute atomic E-state index is 0.0317. The van der Waals surface area contributed by atoms with Gasteiger partial charge in [-0.2, -0.15) is 18.5 Å². The molecule has 2 N–H and O–H groups in total. The Labute approximate surface area is 121 Å². The Hall–Kier alpha value is -1.78. The third kappa shape index (κ3) is 2.71. The molecule has 0 saturated heterocycles. The normalized spacial score (nSPS) is 15.4. The van der Waals surface area contributed by atoms with Gasteiger partial charge >= 0.3 is 5.97 Å². The number of aliphatic carboxylic acids is 1. The largest absolute Gasteiger partial charge is 0.477 e. The number of rotatable bonds is 3. The minimum atomic E-state index is -4.39. The molecule has 0 radical (unpaired) electrons. The summed E-state index contributed by atoms with van der Waals surface area (Å²) in [7, 11) is -4.39. The predicted octanol–water partition coefficient (Wildman–Crippen LogP) is 0.873. The Balaban J connectivity index is 2.43. The Kier molecular flexibility index (Phi) is 3.63. The van der Waals surface area contributed by atoms with Crippen LogP contribution in [0.15, 0.2) is 32.7 Å². The molecule has 10 heteroatoms. The van der Waals surface area contributed by atoms with E-state index < -0.39 is 22.0 Å². The number of hydrogen-bond acceptors (Lipinski definition) is 5. The molecule has 0 aliphatic carbocycles. The molecule has 0 unspecified atom stereocenters. The summed E-state index contributed by atoms with van der Waals surface area (Å²) in [5.74, 6) is -1.84. The van der Waals surface area contributed by atoms with Gasteiger partial charge in [-0.1, -0.05) is 0 Å². The predicted molar refractivity (Wildman–Crippen MR) is 71.1 cm³/mol. The second-order valence-corrected chi connectivity index (χ2v) is 6.07. The van der Waals surface area contributed by atoms with E-state index in [2.05, 4.69) is 21.0 Å². The van der Waals surface area contributed by atoms with E-state index in [1.807, 2.05) is 0 Å². The maximum Gasteiger partial charge on any atom is 0.352 e. The molecule has 0 bridgehead atoms. The number of hydrazone groups is 1. The summed E-state index contributed by atoms with van der Waals surface area (Å²) >= 11 is 2.95. The molecule has 0 atom stereocenters. The van der Waals surface area contributed by atoms with E-state index in [9.17, 15) is 18.0 Å². The lowest BCUT2D eigenvalue weighted by Gasteiger charge is -2.12. The van der Waals surface area contributed by atoms with Crippen LogP contribution >= 0.6 is 15.9 Å². The number of amides is 1. The number of hydrogen-bond donors (Lipinski definition) is 2. The van der Waals surface area contributed by atoms with Gasteiger partial charge < -0.3 is 5.11 Å². The fraction of sp³-hybridized carbons (Fsp3) is 0.100. The highest BCUT2D eigenvalue weighted by molar-refractivity contribution is 9.10. The van der Waals surface area contributed by atoms with E-state index >= 15 is 0 Å². The van der Waals surface area contributed by atoms with E-state index in [0.717, 1.165) is 11.1 Å². The van der Waals surface area contributed by atoms with Crippen LogP contribution in [0.2, 0.25) is 0 Å².